The van der Waals surface area contributed by atoms with Gasteiger partial charge in [-0.2, -0.15) is 5.26 Å². The zero-order chi connectivity index (χ0) is 15.5. The summed E-state index contributed by atoms with van der Waals surface area (Å²) < 4.78 is 0. The monoisotopic (exact) mass is 306 g/mol. The van der Waals surface area contributed by atoms with Crippen LogP contribution in [0.25, 0.3) is 0 Å². The summed E-state index contributed by atoms with van der Waals surface area (Å²) in [6.45, 7) is 3.30. The third kappa shape index (κ3) is 2.98. The van der Waals surface area contributed by atoms with E-state index in [2.05, 4.69) is 11.0 Å². The smallest absolute Gasteiger partial charge is 0.309 e. The lowest BCUT2D eigenvalue weighted by atomic mass is 9.75. The summed E-state index contributed by atoms with van der Waals surface area (Å²) in [7, 11) is 0. The molecule has 1 aliphatic heterocycles. The molecule has 0 aliphatic carbocycles. The van der Waals surface area contributed by atoms with Gasteiger partial charge in [0.25, 0.3) is 0 Å². The number of halogens is 1. The molecule has 0 radical (unpaired) electrons. The minimum absolute atomic E-state index is 0.443. The van der Waals surface area contributed by atoms with E-state index in [1.54, 1.807) is 6.07 Å². The average Bonchev–Trinajstić information content (AvgIpc) is 2.48. The fraction of sp³-hybridized carbons (Fsp3) is 0.500. The molecule has 21 heavy (non-hydrogen) atoms. The molecular weight excluding hydrogens is 288 g/mol. The van der Waals surface area contributed by atoms with E-state index in [4.69, 9.17) is 11.6 Å². The van der Waals surface area contributed by atoms with Crippen molar-refractivity contribution in [3.63, 3.8) is 0 Å². The van der Waals surface area contributed by atoms with Crippen LogP contribution in [0.15, 0.2) is 18.2 Å². The van der Waals surface area contributed by atoms with Gasteiger partial charge in [-0.15, -0.1) is 0 Å². The van der Waals surface area contributed by atoms with E-state index in [9.17, 15) is 15.2 Å². The predicted octanol–water partition coefficient (Wildman–Crippen LogP) is 3.68. The molecule has 1 fully saturated rings. The molecule has 4 nitrogen and oxygen atoms in total. The van der Waals surface area contributed by atoms with Gasteiger partial charge < -0.3 is 10.0 Å². The summed E-state index contributed by atoms with van der Waals surface area (Å²) >= 11 is 6.06. The van der Waals surface area contributed by atoms with E-state index in [0.29, 0.717) is 42.9 Å². The third-order valence-electron chi connectivity index (χ3n) is 4.35. The van der Waals surface area contributed by atoms with E-state index in [1.807, 2.05) is 19.1 Å². The largest absolute Gasteiger partial charge is 0.481 e. The molecule has 1 aliphatic rings. The highest BCUT2D eigenvalue weighted by Gasteiger charge is 2.40. The van der Waals surface area contributed by atoms with E-state index in [0.717, 1.165) is 12.1 Å². The fourth-order valence-electron chi connectivity index (χ4n) is 3.11. The van der Waals surface area contributed by atoms with Crippen molar-refractivity contribution in [3.8, 4) is 6.07 Å². The maximum Gasteiger partial charge on any atom is 0.309 e. The Labute approximate surface area is 129 Å². The molecule has 0 unspecified atom stereocenters. The molecule has 0 bridgehead atoms. The zero-order valence-corrected chi connectivity index (χ0v) is 12.9. The van der Waals surface area contributed by atoms with Crippen LogP contribution >= 0.6 is 11.6 Å². The Hall–Kier alpha value is -1.73. The summed E-state index contributed by atoms with van der Waals surface area (Å²) in [5, 5.41) is 19.2. The fourth-order valence-corrected chi connectivity index (χ4v) is 3.32. The van der Waals surface area contributed by atoms with Gasteiger partial charge in [-0.3, -0.25) is 4.79 Å². The maximum atomic E-state index is 11.6. The van der Waals surface area contributed by atoms with Crippen LogP contribution in [0.4, 0.5) is 5.69 Å². The number of piperidine rings is 1. The number of rotatable bonds is 4. The van der Waals surface area contributed by atoms with Crippen molar-refractivity contribution in [2.45, 2.75) is 32.6 Å². The molecule has 1 aromatic carbocycles. The van der Waals surface area contributed by atoms with Crippen molar-refractivity contribution in [3.05, 3.63) is 28.8 Å². The second-order valence-electron chi connectivity index (χ2n) is 5.57. The number of carbonyl (C=O) groups is 1. The number of benzene rings is 1. The maximum absolute atomic E-state index is 11.6. The van der Waals surface area contributed by atoms with Crippen molar-refractivity contribution >= 4 is 23.3 Å². The molecule has 1 heterocycles. The average molecular weight is 307 g/mol. The number of nitriles is 1. The van der Waals surface area contributed by atoms with E-state index in [1.165, 1.54) is 0 Å². The van der Waals surface area contributed by atoms with Gasteiger partial charge in [-0.1, -0.05) is 31.0 Å². The van der Waals surface area contributed by atoms with Gasteiger partial charge in [0.2, 0.25) is 0 Å². The molecule has 1 saturated heterocycles. The first-order valence-electron chi connectivity index (χ1n) is 7.21. The number of anilines is 1. The van der Waals surface area contributed by atoms with Gasteiger partial charge in [-0.25, -0.2) is 0 Å². The van der Waals surface area contributed by atoms with E-state index < -0.39 is 11.4 Å². The lowest BCUT2D eigenvalue weighted by Gasteiger charge is -2.40. The molecule has 0 saturated carbocycles. The Balaban J connectivity index is 2.20. The molecule has 1 N–H and O–H groups in total. The standard InChI is InChI=1S/C16H19ClN2O2/c1-2-6-16(15(20)21)7-9-19(10-8-16)14-5-3-4-13(17)12(14)11-18/h3-5H,2,6-10H2,1H3,(H,20,21). The summed E-state index contributed by atoms with van der Waals surface area (Å²) in [4.78, 5) is 13.7. The molecule has 1 aromatic rings. The number of carboxylic acid groups (broad SMARTS) is 1. The number of hydrogen-bond donors (Lipinski definition) is 1. The summed E-state index contributed by atoms with van der Waals surface area (Å²) in [5.74, 6) is -0.699. The van der Waals surface area contributed by atoms with E-state index in [-0.39, 0.29) is 0 Å². The lowest BCUT2D eigenvalue weighted by molar-refractivity contribution is -0.150. The SMILES string of the molecule is CCCC1(C(=O)O)CCN(c2cccc(Cl)c2C#N)CC1. The Morgan fingerprint density at radius 3 is 2.67 bits per heavy atom. The third-order valence-corrected chi connectivity index (χ3v) is 4.66. The van der Waals surface area contributed by atoms with Crippen molar-refractivity contribution in [1.82, 2.24) is 0 Å². The molecule has 0 atom stereocenters. The van der Waals surface area contributed by atoms with Crippen LogP contribution < -0.4 is 4.90 Å². The minimum Gasteiger partial charge on any atom is -0.481 e. The Kier molecular flexibility index (Phi) is 4.74. The molecule has 0 aromatic heterocycles. The second-order valence-corrected chi connectivity index (χ2v) is 5.98. The van der Waals surface area contributed by atoms with Crippen molar-refractivity contribution in [2.24, 2.45) is 5.41 Å². The van der Waals surface area contributed by atoms with Gasteiger partial charge in [0.15, 0.2) is 0 Å². The molecule has 5 heteroatoms. The van der Waals surface area contributed by atoms with Crippen molar-refractivity contribution < 1.29 is 9.90 Å². The first-order valence-corrected chi connectivity index (χ1v) is 7.59. The summed E-state index contributed by atoms with van der Waals surface area (Å²) in [6.07, 6.45) is 2.78. The topological polar surface area (TPSA) is 64.3 Å². The summed E-state index contributed by atoms with van der Waals surface area (Å²) in [6, 6.07) is 7.54. The van der Waals surface area contributed by atoms with Gasteiger partial charge in [-0.05, 0) is 31.4 Å². The Morgan fingerprint density at radius 1 is 1.48 bits per heavy atom. The lowest BCUT2D eigenvalue weighted by Crippen LogP contribution is -2.44. The second kappa shape index (κ2) is 6.36. The number of aliphatic carboxylic acids is 1. The molecule has 2 rings (SSSR count). The molecular formula is C16H19ClN2O2. The van der Waals surface area contributed by atoms with Crippen LogP contribution in [-0.2, 0) is 4.79 Å². The van der Waals surface area contributed by atoms with Crippen LogP contribution in [0.2, 0.25) is 5.02 Å². The molecule has 0 spiro atoms. The zero-order valence-electron chi connectivity index (χ0n) is 12.1. The first kappa shape index (κ1) is 15.7. The van der Waals surface area contributed by atoms with Gasteiger partial charge in [0.05, 0.1) is 21.7 Å². The highest BCUT2D eigenvalue weighted by Crippen LogP contribution is 2.39. The molecule has 112 valence electrons. The number of hydrogen-bond acceptors (Lipinski definition) is 3. The quantitative estimate of drug-likeness (QED) is 0.921. The van der Waals surface area contributed by atoms with Crippen LogP contribution in [0.3, 0.4) is 0 Å². The van der Waals surface area contributed by atoms with Crippen LogP contribution in [0.5, 0.6) is 0 Å². The Bertz CT molecular complexity index is 572. The Morgan fingerprint density at radius 2 is 2.14 bits per heavy atom. The normalized spacial score (nSPS) is 17.3. The van der Waals surface area contributed by atoms with Gasteiger partial charge in [0.1, 0.15) is 6.07 Å². The predicted molar refractivity (Wildman–Crippen MR) is 82.6 cm³/mol. The van der Waals surface area contributed by atoms with Crippen LogP contribution in [0.1, 0.15) is 38.2 Å². The summed E-state index contributed by atoms with van der Waals surface area (Å²) in [5.41, 5.74) is 0.661. The minimum atomic E-state index is -0.699. The number of nitrogens with zero attached hydrogens (tertiary/aromatic N) is 2. The van der Waals surface area contributed by atoms with Crippen LogP contribution in [-0.4, -0.2) is 24.2 Å². The van der Waals surface area contributed by atoms with Crippen molar-refractivity contribution in [2.75, 3.05) is 18.0 Å². The van der Waals surface area contributed by atoms with Crippen LogP contribution in [0, 0.1) is 16.7 Å². The molecule has 0 amide bonds. The number of carboxylic acids is 1. The van der Waals surface area contributed by atoms with E-state index >= 15 is 0 Å². The highest BCUT2D eigenvalue weighted by atomic mass is 35.5. The van der Waals surface area contributed by atoms with Gasteiger partial charge in [0, 0.05) is 13.1 Å². The van der Waals surface area contributed by atoms with Crippen molar-refractivity contribution in [1.29, 1.82) is 5.26 Å². The highest BCUT2D eigenvalue weighted by molar-refractivity contribution is 6.32. The first-order chi connectivity index (χ1) is 10.0. The van der Waals surface area contributed by atoms with Gasteiger partial charge >= 0.3 is 5.97 Å².